The summed E-state index contributed by atoms with van der Waals surface area (Å²) in [7, 11) is 1.58. The quantitative estimate of drug-likeness (QED) is 0.850. The van der Waals surface area contributed by atoms with E-state index in [-0.39, 0.29) is 0 Å². The average Bonchev–Trinajstić information content (AvgIpc) is 2.38. The van der Waals surface area contributed by atoms with Gasteiger partial charge in [0.1, 0.15) is 11.6 Å². The molecule has 2 aromatic rings. The highest BCUT2D eigenvalue weighted by atomic mass is 16.5. The molecule has 1 heterocycles. The fourth-order valence-corrected chi connectivity index (χ4v) is 1.63. The van der Waals surface area contributed by atoms with Gasteiger partial charge in [-0.25, -0.2) is 4.98 Å². The normalized spacial score (nSPS) is 9.65. The molecule has 84 valence electrons. The monoisotopic (exact) mass is 225 g/mol. The fraction of sp³-hybridized carbons (Fsp3) is 0.0769. The molecule has 2 rings (SSSR count). The Balaban J connectivity index is 2.65. The number of hydrogen-bond acceptors (Lipinski definition) is 4. The number of ether oxygens (including phenoxy) is 1. The number of nitriles is 1. The van der Waals surface area contributed by atoms with Gasteiger partial charge in [-0.05, 0) is 30.3 Å². The van der Waals surface area contributed by atoms with Crippen LogP contribution in [0.1, 0.15) is 5.56 Å². The van der Waals surface area contributed by atoms with Crippen molar-refractivity contribution in [2.45, 2.75) is 0 Å². The number of anilines is 1. The highest BCUT2D eigenvalue weighted by Crippen LogP contribution is 2.33. The van der Waals surface area contributed by atoms with Crippen molar-refractivity contribution in [2.24, 2.45) is 0 Å². The first-order valence-electron chi connectivity index (χ1n) is 5.05. The summed E-state index contributed by atoms with van der Waals surface area (Å²) < 4.78 is 5.26. The van der Waals surface area contributed by atoms with Crippen molar-refractivity contribution < 1.29 is 4.74 Å². The van der Waals surface area contributed by atoms with Crippen LogP contribution in [-0.2, 0) is 0 Å². The fourth-order valence-electron chi connectivity index (χ4n) is 1.63. The van der Waals surface area contributed by atoms with Crippen molar-refractivity contribution >= 4 is 5.82 Å². The second kappa shape index (κ2) is 4.54. The summed E-state index contributed by atoms with van der Waals surface area (Å²) in [4.78, 5) is 4.03. The summed E-state index contributed by atoms with van der Waals surface area (Å²) in [5.74, 6) is 1.09. The van der Waals surface area contributed by atoms with E-state index >= 15 is 0 Å². The maximum Gasteiger partial charge on any atom is 0.131 e. The van der Waals surface area contributed by atoms with E-state index in [2.05, 4.69) is 11.1 Å². The highest BCUT2D eigenvalue weighted by molar-refractivity contribution is 5.79. The number of nitrogen functional groups attached to an aromatic ring is 1. The number of rotatable bonds is 2. The smallest absolute Gasteiger partial charge is 0.131 e. The van der Waals surface area contributed by atoms with E-state index in [1.807, 2.05) is 6.07 Å². The van der Waals surface area contributed by atoms with Crippen LogP contribution in [0.3, 0.4) is 0 Å². The van der Waals surface area contributed by atoms with E-state index in [1.54, 1.807) is 37.6 Å². The lowest BCUT2D eigenvalue weighted by Gasteiger charge is -2.10. The molecule has 1 aromatic carbocycles. The second-order valence-electron chi connectivity index (χ2n) is 3.46. The van der Waals surface area contributed by atoms with Crippen LogP contribution < -0.4 is 10.5 Å². The predicted molar refractivity (Wildman–Crippen MR) is 65.4 cm³/mol. The zero-order valence-corrected chi connectivity index (χ0v) is 9.34. The lowest BCUT2D eigenvalue weighted by molar-refractivity contribution is 0.416. The summed E-state index contributed by atoms with van der Waals surface area (Å²) in [5, 5.41) is 8.90. The first-order valence-corrected chi connectivity index (χ1v) is 5.05. The number of hydrogen-bond donors (Lipinski definition) is 1. The van der Waals surface area contributed by atoms with Gasteiger partial charge in [-0.1, -0.05) is 0 Å². The summed E-state index contributed by atoms with van der Waals surface area (Å²) in [6, 6.07) is 10.9. The van der Waals surface area contributed by atoms with E-state index < -0.39 is 0 Å². The van der Waals surface area contributed by atoms with E-state index in [0.29, 0.717) is 17.1 Å². The summed E-state index contributed by atoms with van der Waals surface area (Å²) in [5.41, 5.74) is 7.92. The molecule has 0 spiro atoms. The molecule has 0 unspecified atom stereocenters. The van der Waals surface area contributed by atoms with Crippen LogP contribution in [0.2, 0.25) is 0 Å². The van der Waals surface area contributed by atoms with Crippen LogP contribution in [-0.4, -0.2) is 12.1 Å². The van der Waals surface area contributed by atoms with Crippen molar-refractivity contribution in [1.29, 1.82) is 5.26 Å². The van der Waals surface area contributed by atoms with E-state index in [1.165, 1.54) is 0 Å². The van der Waals surface area contributed by atoms with E-state index in [0.717, 1.165) is 11.1 Å². The minimum absolute atomic E-state index is 0.417. The van der Waals surface area contributed by atoms with E-state index in [4.69, 9.17) is 15.7 Å². The van der Waals surface area contributed by atoms with Crippen molar-refractivity contribution in [3.63, 3.8) is 0 Å². The molecule has 4 nitrogen and oxygen atoms in total. The topological polar surface area (TPSA) is 71.9 Å². The molecular formula is C13H11N3O. The standard InChI is InChI=1S/C13H11N3O/c1-17-12-5-4-9(8-14)7-11(12)10-3-2-6-16-13(10)15/h2-7H,1H3,(H2,15,16). The summed E-state index contributed by atoms with van der Waals surface area (Å²) in [6.07, 6.45) is 1.62. The molecule has 1 aromatic heterocycles. The first kappa shape index (κ1) is 11.0. The van der Waals surface area contributed by atoms with Gasteiger partial charge in [0, 0.05) is 17.3 Å². The van der Waals surface area contributed by atoms with Gasteiger partial charge in [0.05, 0.1) is 18.7 Å². The third-order valence-electron chi connectivity index (χ3n) is 2.46. The minimum atomic E-state index is 0.417. The maximum absolute atomic E-state index is 8.90. The van der Waals surface area contributed by atoms with Gasteiger partial charge in [-0.15, -0.1) is 0 Å². The van der Waals surface area contributed by atoms with Gasteiger partial charge < -0.3 is 10.5 Å². The molecule has 0 bridgehead atoms. The second-order valence-corrected chi connectivity index (χ2v) is 3.46. The van der Waals surface area contributed by atoms with Gasteiger partial charge in [-0.3, -0.25) is 0 Å². The molecular weight excluding hydrogens is 214 g/mol. The van der Waals surface area contributed by atoms with Crippen molar-refractivity contribution in [3.05, 3.63) is 42.1 Å². The van der Waals surface area contributed by atoms with Gasteiger partial charge in [0.15, 0.2) is 0 Å². The van der Waals surface area contributed by atoms with Gasteiger partial charge in [-0.2, -0.15) is 5.26 Å². The third kappa shape index (κ3) is 2.04. The number of methoxy groups -OCH3 is 1. The zero-order chi connectivity index (χ0) is 12.3. The molecule has 17 heavy (non-hydrogen) atoms. The van der Waals surface area contributed by atoms with Gasteiger partial charge in [0.2, 0.25) is 0 Å². The molecule has 0 saturated heterocycles. The number of nitrogens with two attached hydrogens (primary N) is 1. The molecule has 0 aliphatic heterocycles. The summed E-state index contributed by atoms with van der Waals surface area (Å²) >= 11 is 0. The van der Waals surface area contributed by atoms with Gasteiger partial charge >= 0.3 is 0 Å². The molecule has 0 fully saturated rings. The molecule has 0 saturated carbocycles. The largest absolute Gasteiger partial charge is 0.496 e. The van der Waals surface area contributed by atoms with Crippen molar-refractivity contribution in [1.82, 2.24) is 4.98 Å². The van der Waals surface area contributed by atoms with E-state index in [9.17, 15) is 0 Å². The summed E-state index contributed by atoms with van der Waals surface area (Å²) in [6.45, 7) is 0. The highest BCUT2D eigenvalue weighted by Gasteiger charge is 2.10. The van der Waals surface area contributed by atoms with Crippen molar-refractivity contribution in [2.75, 3.05) is 12.8 Å². The maximum atomic E-state index is 8.90. The lowest BCUT2D eigenvalue weighted by Crippen LogP contribution is -1.95. The average molecular weight is 225 g/mol. The molecule has 0 aliphatic rings. The zero-order valence-electron chi connectivity index (χ0n) is 9.34. The first-order chi connectivity index (χ1) is 8.26. The van der Waals surface area contributed by atoms with Crippen LogP contribution in [0.5, 0.6) is 5.75 Å². The molecule has 0 radical (unpaired) electrons. The Morgan fingerprint density at radius 2 is 2.12 bits per heavy atom. The Labute approximate surface area is 99.3 Å². The Morgan fingerprint density at radius 3 is 2.76 bits per heavy atom. The minimum Gasteiger partial charge on any atom is -0.496 e. The molecule has 0 atom stereocenters. The lowest BCUT2D eigenvalue weighted by atomic mass is 10.0. The Morgan fingerprint density at radius 1 is 1.29 bits per heavy atom. The van der Waals surface area contributed by atoms with Crippen LogP contribution in [0, 0.1) is 11.3 Å². The van der Waals surface area contributed by atoms with Gasteiger partial charge in [0.25, 0.3) is 0 Å². The predicted octanol–water partition coefficient (Wildman–Crippen LogP) is 2.21. The van der Waals surface area contributed by atoms with Crippen LogP contribution >= 0.6 is 0 Å². The number of pyridine rings is 1. The SMILES string of the molecule is COc1ccc(C#N)cc1-c1cccnc1N. The van der Waals surface area contributed by atoms with Crippen LogP contribution in [0.4, 0.5) is 5.82 Å². The van der Waals surface area contributed by atoms with Crippen molar-refractivity contribution in [3.8, 4) is 22.9 Å². The van der Waals surface area contributed by atoms with Crippen LogP contribution in [0.25, 0.3) is 11.1 Å². The number of aromatic nitrogens is 1. The molecule has 4 heteroatoms. The molecule has 0 amide bonds. The third-order valence-corrected chi connectivity index (χ3v) is 2.46. The Bertz CT molecular complexity index is 587. The molecule has 2 N–H and O–H groups in total. The Hall–Kier alpha value is -2.54. The number of nitrogens with zero attached hydrogens (tertiary/aromatic N) is 2. The number of benzene rings is 1. The molecule has 0 aliphatic carbocycles. The van der Waals surface area contributed by atoms with Crippen LogP contribution in [0.15, 0.2) is 36.5 Å². The Kier molecular flexibility index (Phi) is 2.93.